The molecule has 0 aliphatic heterocycles. The van der Waals surface area contributed by atoms with Crippen LogP contribution in [0.25, 0.3) is 0 Å². The van der Waals surface area contributed by atoms with E-state index in [4.69, 9.17) is 5.73 Å². The maximum atomic E-state index is 13.9. The Kier molecular flexibility index (Phi) is 4.17. The number of benzene rings is 2. The van der Waals surface area contributed by atoms with Crippen molar-refractivity contribution in [1.82, 2.24) is 0 Å². The van der Waals surface area contributed by atoms with E-state index in [-0.39, 0.29) is 11.9 Å². The highest BCUT2D eigenvalue weighted by atomic mass is 19.1. The highest BCUT2D eigenvalue weighted by Crippen LogP contribution is 2.22. The third kappa shape index (κ3) is 3.32. The minimum absolute atomic E-state index is 0.220. The molecule has 1 atom stereocenters. The van der Waals surface area contributed by atoms with Gasteiger partial charge in [0, 0.05) is 17.8 Å². The van der Waals surface area contributed by atoms with Gasteiger partial charge in [0.25, 0.3) is 0 Å². The fourth-order valence-electron chi connectivity index (χ4n) is 2.04. The van der Waals surface area contributed by atoms with Gasteiger partial charge in [0.05, 0.1) is 6.04 Å². The van der Waals surface area contributed by atoms with Gasteiger partial charge in [-0.3, -0.25) is 0 Å². The van der Waals surface area contributed by atoms with Gasteiger partial charge in [0.2, 0.25) is 0 Å². The van der Waals surface area contributed by atoms with Gasteiger partial charge in [-0.25, -0.2) is 4.39 Å². The highest BCUT2D eigenvalue weighted by molar-refractivity contribution is 5.47. The zero-order valence-electron chi connectivity index (χ0n) is 11.3. The van der Waals surface area contributed by atoms with Gasteiger partial charge in [-0.15, -0.1) is 0 Å². The Hall–Kier alpha value is -1.87. The van der Waals surface area contributed by atoms with Crippen LogP contribution in [0.2, 0.25) is 0 Å². The van der Waals surface area contributed by atoms with Crippen molar-refractivity contribution in [2.75, 3.05) is 11.9 Å². The summed E-state index contributed by atoms with van der Waals surface area (Å²) in [6, 6.07) is 12.9. The molecule has 1 unspecified atom stereocenters. The van der Waals surface area contributed by atoms with Gasteiger partial charge in [0.1, 0.15) is 5.82 Å². The Morgan fingerprint density at radius 2 is 1.68 bits per heavy atom. The average molecular weight is 258 g/mol. The summed E-state index contributed by atoms with van der Waals surface area (Å²) in [4.78, 5) is 0. The number of rotatable bonds is 4. The molecule has 0 heterocycles. The second kappa shape index (κ2) is 5.85. The van der Waals surface area contributed by atoms with Crippen LogP contribution < -0.4 is 11.1 Å². The van der Waals surface area contributed by atoms with Crippen molar-refractivity contribution in [1.29, 1.82) is 0 Å². The van der Waals surface area contributed by atoms with E-state index in [9.17, 15) is 4.39 Å². The van der Waals surface area contributed by atoms with E-state index in [0.717, 1.165) is 11.3 Å². The summed E-state index contributed by atoms with van der Waals surface area (Å²) in [7, 11) is 0. The number of nitrogens with one attached hydrogen (secondary N) is 1. The van der Waals surface area contributed by atoms with E-state index in [1.54, 1.807) is 6.07 Å². The van der Waals surface area contributed by atoms with Gasteiger partial charge in [-0.05, 0) is 32.0 Å². The fourth-order valence-corrected chi connectivity index (χ4v) is 2.04. The second-order valence-corrected chi connectivity index (χ2v) is 4.82. The van der Waals surface area contributed by atoms with E-state index in [2.05, 4.69) is 5.32 Å². The van der Waals surface area contributed by atoms with Crippen molar-refractivity contribution < 1.29 is 4.39 Å². The van der Waals surface area contributed by atoms with Crippen molar-refractivity contribution in [2.45, 2.75) is 19.9 Å². The topological polar surface area (TPSA) is 38.0 Å². The molecular formula is C16H19FN2. The van der Waals surface area contributed by atoms with Crippen LogP contribution in [0.4, 0.5) is 10.1 Å². The summed E-state index contributed by atoms with van der Waals surface area (Å²) in [5.41, 5.74) is 9.55. The molecule has 0 aliphatic carbocycles. The number of hydrogen-bond donors (Lipinski definition) is 2. The molecule has 0 bridgehead atoms. The molecule has 2 aromatic carbocycles. The summed E-state index contributed by atoms with van der Waals surface area (Å²) in [6.45, 7) is 4.32. The van der Waals surface area contributed by atoms with Crippen molar-refractivity contribution in [2.24, 2.45) is 5.73 Å². The zero-order valence-corrected chi connectivity index (χ0v) is 11.3. The maximum absolute atomic E-state index is 13.9. The first-order chi connectivity index (χ1) is 9.10. The molecule has 0 spiro atoms. The molecule has 2 rings (SSSR count). The number of anilines is 1. The quantitative estimate of drug-likeness (QED) is 0.880. The van der Waals surface area contributed by atoms with Crippen LogP contribution >= 0.6 is 0 Å². The number of hydrogen-bond acceptors (Lipinski definition) is 2. The van der Waals surface area contributed by atoms with Crippen LogP contribution in [-0.4, -0.2) is 6.54 Å². The summed E-state index contributed by atoms with van der Waals surface area (Å²) in [5, 5.41) is 3.28. The highest BCUT2D eigenvalue weighted by Gasteiger charge is 2.14. The molecule has 3 heteroatoms. The van der Waals surface area contributed by atoms with Crippen molar-refractivity contribution in [3.8, 4) is 0 Å². The monoisotopic (exact) mass is 258 g/mol. The first-order valence-electron chi connectivity index (χ1n) is 6.39. The molecule has 0 aromatic heterocycles. The number of nitrogens with two attached hydrogens (primary N) is 1. The van der Waals surface area contributed by atoms with Crippen LogP contribution in [-0.2, 0) is 0 Å². The van der Waals surface area contributed by atoms with Crippen molar-refractivity contribution in [3.63, 3.8) is 0 Å². The number of halogens is 1. The van der Waals surface area contributed by atoms with Crippen molar-refractivity contribution >= 4 is 5.69 Å². The minimum atomic E-state index is -0.222. The van der Waals surface area contributed by atoms with Crippen LogP contribution in [0.15, 0.2) is 42.5 Å². The molecule has 0 aliphatic rings. The van der Waals surface area contributed by atoms with E-state index >= 15 is 0 Å². The van der Waals surface area contributed by atoms with Gasteiger partial charge < -0.3 is 11.1 Å². The Bertz CT molecular complexity index is 549. The second-order valence-electron chi connectivity index (χ2n) is 4.82. The standard InChI is InChI=1S/C16H19FN2/c1-11-3-6-13(7-4-11)19-16(10-18)14-9-12(2)5-8-15(14)17/h3-9,16,19H,10,18H2,1-2H3. The van der Waals surface area contributed by atoms with E-state index in [1.807, 2.05) is 44.2 Å². The molecule has 0 saturated carbocycles. The SMILES string of the molecule is Cc1ccc(NC(CN)c2cc(C)ccc2F)cc1. The largest absolute Gasteiger partial charge is 0.377 e. The van der Waals surface area contributed by atoms with Crippen LogP contribution in [0.5, 0.6) is 0 Å². The summed E-state index contributed by atoms with van der Waals surface area (Å²) < 4.78 is 13.9. The van der Waals surface area contributed by atoms with E-state index in [1.165, 1.54) is 11.6 Å². The van der Waals surface area contributed by atoms with Crippen molar-refractivity contribution in [3.05, 3.63) is 65.0 Å². The molecule has 2 aromatic rings. The molecule has 3 N–H and O–H groups in total. The molecule has 19 heavy (non-hydrogen) atoms. The number of aryl methyl sites for hydroxylation is 2. The van der Waals surface area contributed by atoms with Gasteiger partial charge in [-0.1, -0.05) is 35.4 Å². The summed E-state index contributed by atoms with van der Waals surface area (Å²) in [6.07, 6.45) is 0. The van der Waals surface area contributed by atoms with Gasteiger partial charge in [-0.2, -0.15) is 0 Å². The molecule has 0 radical (unpaired) electrons. The molecule has 0 fully saturated rings. The molecule has 0 amide bonds. The van der Waals surface area contributed by atoms with E-state index < -0.39 is 0 Å². The van der Waals surface area contributed by atoms with Crippen LogP contribution in [0.3, 0.4) is 0 Å². The molecule has 2 nitrogen and oxygen atoms in total. The molecular weight excluding hydrogens is 239 g/mol. The van der Waals surface area contributed by atoms with Crippen LogP contribution in [0, 0.1) is 19.7 Å². The zero-order chi connectivity index (χ0) is 13.8. The lowest BCUT2D eigenvalue weighted by Crippen LogP contribution is -2.21. The Labute approximate surface area is 113 Å². The van der Waals surface area contributed by atoms with Gasteiger partial charge in [0.15, 0.2) is 0 Å². The molecule has 100 valence electrons. The predicted molar refractivity (Wildman–Crippen MR) is 77.7 cm³/mol. The Morgan fingerprint density at radius 1 is 1.05 bits per heavy atom. The lowest BCUT2D eigenvalue weighted by Gasteiger charge is -2.20. The molecule has 0 saturated heterocycles. The maximum Gasteiger partial charge on any atom is 0.128 e. The average Bonchev–Trinajstić information content (AvgIpc) is 2.41. The summed E-state index contributed by atoms with van der Waals surface area (Å²) in [5.74, 6) is -0.222. The third-order valence-corrected chi connectivity index (χ3v) is 3.16. The predicted octanol–water partition coefficient (Wildman–Crippen LogP) is 3.55. The van der Waals surface area contributed by atoms with E-state index in [0.29, 0.717) is 12.1 Å². The smallest absolute Gasteiger partial charge is 0.128 e. The first-order valence-corrected chi connectivity index (χ1v) is 6.39. The lowest BCUT2D eigenvalue weighted by molar-refractivity contribution is 0.593. The first kappa shape index (κ1) is 13.6. The third-order valence-electron chi connectivity index (χ3n) is 3.16. The minimum Gasteiger partial charge on any atom is -0.377 e. The summed E-state index contributed by atoms with van der Waals surface area (Å²) >= 11 is 0. The lowest BCUT2D eigenvalue weighted by atomic mass is 10.0. The van der Waals surface area contributed by atoms with Gasteiger partial charge >= 0.3 is 0 Å². The Balaban J connectivity index is 2.24. The Morgan fingerprint density at radius 3 is 2.32 bits per heavy atom. The fraction of sp³-hybridized carbons (Fsp3) is 0.250. The normalized spacial score (nSPS) is 12.2. The van der Waals surface area contributed by atoms with Crippen LogP contribution in [0.1, 0.15) is 22.7 Å².